The van der Waals surface area contributed by atoms with Crippen LogP contribution in [0.25, 0.3) is 11.1 Å². The van der Waals surface area contributed by atoms with Gasteiger partial charge >= 0.3 is 18.2 Å². The van der Waals surface area contributed by atoms with E-state index in [2.05, 4.69) is 10.6 Å². The lowest BCUT2D eigenvalue weighted by Crippen LogP contribution is -2.31. The molecule has 1 unspecified atom stereocenters. The second kappa shape index (κ2) is 17.8. The zero-order chi connectivity index (χ0) is 35.3. The maximum atomic E-state index is 12.5. The summed E-state index contributed by atoms with van der Waals surface area (Å²) in [6.07, 6.45) is 3.25. The molecule has 3 atom stereocenters. The van der Waals surface area contributed by atoms with Gasteiger partial charge in [-0.1, -0.05) is 79.6 Å². The van der Waals surface area contributed by atoms with Crippen molar-refractivity contribution in [3.8, 4) is 16.9 Å². The molecule has 0 bridgehead atoms. The molecule has 1 aliphatic carbocycles. The summed E-state index contributed by atoms with van der Waals surface area (Å²) in [6.45, 7) is 1.78. The van der Waals surface area contributed by atoms with Gasteiger partial charge in [0.05, 0.1) is 18.4 Å². The predicted octanol–water partition coefficient (Wildman–Crippen LogP) is 6.64. The van der Waals surface area contributed by atoms with E-state index in [1.165, 1.54) is 6.92 Å². The van der Waals surface area contributed by atoms with Crippen molar-refractivity contribution >= 4 is 30.0 Å². The van der Waals surface area contributed by atoms with Crippen molar-refractivity contribution in [2.45, 2.75) is 83.3 Å². The van der Waals surface area contributed by atoms with Crippen molar-refractivity contribution in [2.75, 3.05) is 6.61 Å². The van der Waals surface area contributed by atoms with E-state index in [4.69, 9.17) is 29.1 Å². The molecule has 3 aromatic carbocycles. The monoisotopic (exact) mass is 685 g/mol. The molecule has 50 heavy (non-hydrogen) atoms. The minimum absolute atomic E-state index is 0.0676. The number of hydrogen-bond acceptors (Lipinski definition) is 10. The van der Waals surface area contributed by atoms with Crippen LogP contribution in [-0.2, 0) is 35.1 Å². The van der Waals surface area contributed by atoms with Crippen molar-refractivity contribution in [2.24, 2.45) is 5.92 Å². The second-order valence-electron chi connectivity index (χ2n) is 12.5. The Balaban J connectivity index is 1.00. The van der Waals surface area contributed by atoms with Gasteiger partial charge in [-0.05, 0) is 60.9 Å². The van der Waals surface area contributed by atoms with Crippen LogP contribution in [-0.4, -0.2) is 55.0 Å². The van der Waals surface area contributed by atoms with Crippen LogP contribution in [0.15, 0.2) is 78.9 Å². The maximum Gasteiger partial charge on any atom is 0.511 e. The molecular formula is C38H43N3O9. The summed E-state index contributed by atoms with van der Waals surface area (Å²) in [4.78, 5) is 49.2. The highest BCUT2D eigenvalue weighted by Gasteiger charge is 2.35. The van der Waals surface area contributed by atoms with Crippen LogP contribution in [0.1, 0.15) is 69.4 Å². The van der Waals surface area contributed by atoms with Gasteiger partial charge in [-0.15, -0.1) is 0 Å². The molecule has 0 spiro atoms. The van der Waals surface area contributed by atoms with E-state index in [9.17, 15) is 19.2 Å². The van der Waals surface area contributed by atoms with Gasteiger partial charge in [0, 0.05) is 12.5 Å². The van der Waals surface area contributed by atoms with Crippen LogP contribution < -0.4 is 15.4 Å². The molecule has 1 aliphatic heterocycles. The lowest BCUT2D eigenvalue weighted by molar-refractivity contribution is -0.170. The number of amidine groups is 1. The first-order valence-corrected chi connectivity index (χ1v) is 17.0. The first-order valence-electron chi connectivity index (χ1n) is 17.0. The Hall–Kier alpha value is -5.39. The Kier molecular flexibility index (Phi) is 12.8. The van der Waals surface area contributed by atoms with Gasteiger partial charge in [0.15, 0.2) is 0 Å². The molecule has 5 rings (SSSR count). The molecule has 1 heterocycles. The standard InChI is InChI=1S/C38H43N3O9/c1-25(49-38(45)50-33-11-7-2-3-8-12-33)48-34(42)22-30-21-31(40-36(30)43)24-46-32-19-17-28(18-20-32)27-13-15-29(16-14-27)35(39)41-37(44)47-23-26-9-5-4-6-10-26/h4-6,9-10,13-20,25,30-31,33H,2-3,7-8,11-12,21-24H2,1H3,(H,40,43)(H2,39,41,44)/t25?,30-,31-/m0/s1. The molecule has 0 radical (unpaired) electrons. The third-order valence-electron chi connectivity index (χ3n) is 8.58. The van der Waals surface area contributed by atoms with E-state index in [1.807, 2.05) is 66.7 Å². The lowest BCUT2D eigenvalue weighted by Gasteiger charge is -2.18. The molecule has 12 nitrogen and oxygen atoms in total. The SMILES string of the molecule is CC(OC(=O)C[C@@H]1C[C@@H](COc2ccc(-c3ccc(C(=N)NC(=O)OCc4ccccc4)cc3)cc2)NC1=O)OC(=O)OC1CCCCCC1. The van der Waals surface area contributed by atoms with Gasteiger partial charge in [-0.3, -0.25) is 20.3 Å². The number of carbonyl (C=O) groups excluding carboxylic acids is 4. The third-order valence-corrected chi connectivity index (χ3v) is 8.58. The maximum absolute atomic E-state index is 12.5. The Labute approximate surface area is 291 Å². The second-order valence-corrected chi connectivity index (χ2v) is 12.5. The molecule has 2 aliphatic rings. The Bertz CT molecular complexity index is 1600. The molecule has 264 valence electrons. The molecule has 1 saturated heterocycles. The van der Waals surface area contributed by atoms with Crippen LogP contribution in [0, 0.1) is 11.3 Å². The summed E-state index contributed by atoms with van der Waals surface area (Å²) in [6, 6.07) is 23.7. The highest BCUT2D eigenvalue weighted by Crippen LogP contribution is 2.25. The van der Waals surface area contributed by atoms with Crippen molar-refractivity contribution in [1.82, 2.24) is 10.6 Å². The quantitative estimate of drug-likeness (QED) is 0.0474. The first-order chi connectivity index (χ1) is 24.2. The van der Waals surface area contributed by atoms with Crippen molar-refractivity contribution in [3.63, 3.8) is 0 Å². The van der Waals surface area contributed by atoms with E-state index in [0.29, 0.717) is 17.7 Å². The fraction of sp³-hybridized carbons (Fsp3) is 0.395. The molecule has 1 saturated carbocycles. The van der Waals surface area contributed by atoms with Crippen LogP contribution in [0.3, 0.4) is 0 Å². The number of alkyl carbamates (subject to hydrolysis) is 1. The zero-order valence-corrected chi connectivity index (χ0v) is 28.1. The average Bonchev–Trinajstić information content (AvgIpc) is 3.26. The molecule has 0 aromatic heterocycles. The topological polar surface area (TPSA) is 162 Å². The Morgan fingerprint density at radius 2 is 1.54 bits per heavy atom. The third kappa shape index (κ3) is 11.1. The minimum atomic E-state index is -1.13. The van der Waals surface area contributed by atoms with Gasteiger partial charge in [-0.25, -0.2) is 9.59 Å². The average molecular weight is 686 g/mol. The van der Waals surface area contributed by atoms with E-state index >= 15 is 0 Å². The predicted molar refractivity (Wildman–Crippen MR) is 183 cm³/mol. The first kappa shape index (κ1) is 35.9. The highest BCUT2D eigenvalue weighted by molar-refractivity contribution is 6.04. The number of esters is 1. The zero-order valence-electron chi connectivity index (χ0n) is 28.1. The smallest absolute Gasteiger partial charge is 0.491 e. The van der Waals surface area contributed by atoms with Crippen LogP contribution >= 0.6 is 0 Å². The Morgan fingerprint density at radius 3 is 2.22 bits per heavy atom. The van der Waals surface area contributed by atoms with Gasteiger partial charge in [0.25, 0.3) is 0 Å². The van der Waals surface area contributed by atoms with Gasteiger partial charge in [0.2, 0.25) is 12.2 Å². The van der Waals surface area contributed by atoms with Crippen LogP contribution in [0.4, 0.5) is 9.59 Å². The molecule has 3 N–H and O–H groups in total. The fourth-order valence-corrected chi connectivity index (χ4v) is 5.93. The van der Waals surface area contributed by atoms with E-state index in [-0.39, 0.29) is 43.5 Å². The molecule has 2 amide bonds. The number of nitrogens with one attached hydrogen (secondary N) is 3. The van der Waals surface area contributed by atoms with Crippen molar-refractivity contribution in [3.05, 3.63) is 90.0 Å². The minimum Gasteiger partial charge on any atom is -0.491 e. The van der Waals surface area contributed by atoms with Gasteiger partial charge in [0.1, 0.15) is 30.9 Å². The number of amides is 2. The van der Waals surface area contributed by atoms with E-state index in [1.54, 1.807) is 12.1 Å². The molecular weight excluding hydrogens is 642 g/mol. The van der Waals surface area contributed by atoms with Crippen LogP contribution in [0.2, 0.25) is 0 Å². The number of hydrogen-bond donors (Lipinski definition) is 3. The summed E-state index contributed by atoms with van der Waals surface area (Å²) in [5.74, 6) is -0.933. The largest absolute Gasteiger partial charge is 0.511 e. The Morgan fingerprint density at radius 1 is 0.880 bits per heavy atom. The molecule has 2 fully saturated rings. The molecule has 12 heteroatoms. The summed E-state index contributed by atoms with van der Waals surface area (Å²) >= 11 is 0. The van der Waals surface area contributed by atoms with Crippen molar-refractivity contribution in [1.29, 1.82) is 5.41 Å². The fourth-order valence-electron chi connectivity index (χ4n) is 5.93. The lowest BCUT2D eigenvalue weighted by atomic mass is 10.0. The van der Waals surface area contributed by atoms with Crippen molar-refractivity contribution < 1.29 is 42.9 Å². The number of carbonyl (C=O) groups is 4. The van der Waals surface area contributed by atoms with E-state index < -0.39 is 30.4 Å². The number of ether oxygens (including phenoxy) is 5. The summed E-state index contributed by atoms with van der Waals surface area (Å²) < 4.78 is 26.8. The van der Waals surface area contributed by atoms with Crippen LogP contribution in [0.5, 0.6) is 5.75 Å². The number of rotatable bonds is 12. The molecule has 3 aromatic rings. The summed E-state index contributed by atoms with van der Waals surface area (Å²) in [7, 11) is 0. The van der Waals surface area contributed by atoms with Gasteiger partial charge in [-0.2, -0.15) is 0 Å². The summed E-state index contributed by atoms with van der Waals surface area (Å²) in [5, 5.41) is 13.5. The number of benzene rings is 3. The normalized spacial score (nSPS) is 18.1. The highest BCUT2D eigenvalue weighted by atomic mass is 16.8. The van der Waals surface area contributed by atoms with E-state index in [0.717, 1.165) is 55.2 Å². The van der Waals surface area contributed by atoms with Gasteiger partial charge < -0.3 is 29.0 Å². The summed E-state index contributed by atoms with van der Waals surface area (Å²) in [5.41, 5.74) is 3.22.